The summed E-state index contributed by atoms with van der Waals surface area (Å²) in [6.45, 7) is 0. The third-order valence-electron chi connectivity index (χ3n) is 3.77. The van der Waals surface area contributed by atoms with Crippen LogP contribution < -0.4 is 5.32 Å². The first-order valence-electron chi connectivity index (χ1n) is 7.78. The van der Waals surface area contributed by atoms with Gasteiger partial charge in [0.05, 0.1) is 19.8 Å². The lowest BCUT2D eigenvalue weighted by atomic mass is 10.0. The Bertz CT molecular complexity index is 772. The lowest BCUT2D eigenvalue weighted by molar-refractivity contribution is -0.146. The summed E-state index contributed by atoms with van der Waals surface area (Å²) in [4.78, 5) is 35.8. The minimum atomic E-state index is -1.36. The van der Waals surface area contributed by atoms with Crippen LogP contribution in [-0.4, -0.2) is 43.2 Å². The molecule has 2 atom stereocenters. The zero-order valence-corrected chi connectivity index (χ0v) is 14.3. The van der Waals surface area contributed by atoms with Crippen LogP contribution in [0.5, 0.6) is 0 Å². The number of amides is 1. The molecule has 0 spiro atoms. The van der Waals surface area contributed by atoms with Crippen LogP contribution in [0, 0.1) is 0 Å². The largest absolute Gasteiger partial charge is 0.467 e. The quantitative estimate of drug-likeness (QED) is 0.759. The van der Waals surface area contributed by atoms with E-state index in [-0.39, 0.29) is 0 Å². The predicted molar refractivity (Wildman–Crippen MR) is 92.5 cm³/mol. The molecule has 2 N–H and O–H groups in total. The molecule has 0 fully saturated rings. The number of esters is 2. The maximum atomic E-state index is 12.3. The molecule has 7 nitrogen and oxygen atoms in total. The first kappa shape index (κ1) is 19.1. The average molecular weight is 357 g/mol. The van der Waals surface area contributed by atoms with E-state index in [1.807, 2.05) is 0 Å². The molecule has 2 rings (SSSR count). The van der Waals surface area contributed by atoms with Gasteiger partial charge in [-0.05, 0) is 29.8 Å². The van der Waals surface area contributed by atoms with Crippen molar-refractivity contribution < 1.29 is 29.0 Å². The van der Waals surface area contributed by atoms with Gasteiger partial charge >= 0.3 is 11.9 Å². The Morgan fingerprint density at radius 1 is 0.885 bits per heavy atom. The van der Waals surface area contributed by atoms with Crippen LogP contribution in [0.3, 0.4) is 0 Å². The van der Waals surface area contributed by atoms with Gasteiger partial charge in [-0.1, -0.05) is 30.3 Å². The molecule has 0 unspecified atom stereocenters. The van der Waals surface area contributed by atoms with Crippen LogP contribution in [0.15, 0.2) is 54.6 Å². The van der Waals surface area contributed by atoms with Gasteiger partial charge in [-0.3, -0.25) is 4.79 Å². The first-order valence-corrected chi connectivity index (χ1v) is 7.78. The molecule has 26 heavy (non-hydrogen) atoms. The molecule has 0 aliphatic heterocycles. The number of carbonyl (C=O) groups excluding carboxylic acids is 3. The van der Waals surface area contributed by atoms with Crippen molar-refractivity contribution >= 4 is 17.8 Å². The van der Waals surface area contributed by atoms with Crippen molar-refractivity contribution in [3.05, 3.63) is 71.3 Å². The fraction of sp³-hybridized carbons (Fsp3) is 0.211. The molecule has 136 valence electrons. The second-order valence-corrected chi connectivity index (χ2v) is 5.40. The van der Waals surface area contributed by atoms with Gasteiger partial charge in [-0.25, -0.2) is 9.59 Å². The zero-order valence-electron chi connectivity index (χ0n) is 14.3. The second kappa shape index (κ2) is 8.77. The molecule has 1 amide bonds. The highest BCUT2D eigenvalue weighted by molar-refractivity contribution is 5.97. The highest BCUT2D eigenvalue weighted by Crippen LogP contribution is 2.19. The molecule has 0 heterocycles. The van der Waals surface area contributed by atoms with E-state index in [2.05, 4.69) is 14.8 Å². The Labute approximate surface area is 150 Å². The Kier molecular flexibility index (Phi) is 6.46. The number of methoxy groups -OCH3 is 2. The van der Waals surface area contributed by atoms with Crippen LogP contribution in [0.2, 0.25) is 0 Å². The number of rotatable bonds is 6. The van der Waals surface area contributed by atoms with Gasteiger partial charge in [0.2, 0.25) is 0 Å². The molecule has 7 heteroatoms. The van der Waals surface area contributed by atoms with E-state index >= 15 is 0 Å². The molecule has 0 aromatic heterocycles. The summed E-state index contributed by atoms with van der Waals surface area (Å²) in [5.41, 5.74) is 0.974. The Morgan fingerprint density at radius 2 is 1.50 bits per heavy atom. The Hall–Kier alpha value is -3.19. The zero-order chi connectivity index (χ0) is 19.1. The molecule has 0 radical (unpaired) electrons. The van der Waals surface area contributed by atoms with Gasteiger partial charge in [-0.15, -0.1) is 0 Å². The number of aliphatic hydroxyl groups excluding tert-OH is 1. The van der Waals surface area contributed by atoms with Crippen LogP contribution in [-0.2, 0) is 14.3 Å². The van der Waals surface area contributed by atoms with Crippen molar-refractivity contribution in [3.63, 3.8) is 0 Å². The number of ether oxygens (including phenoxy) is 2. The van der Waals surface area contributed by atoms with Crippen molar-refractivity contribution in [2.75, 3.05) is 14.2 Å². The highest BCUT2D eigenvalue weighted by atomic mass is 16.5. The van der Waals surface area contributed by atoms with Crippen molar-refractivity contribution in [1.29, 1.82) is 0 Å². The topological polar surface area (TPSA) is 102 Å². The summed E-state index contributed by atoms with van der Waals surface area (Å²) < 4.78 is 9.29. The number of hydrogen-bond acceptors (Lipinski definition) is 6. The first-order chi connectivity index (χ1) is 12.5. The molecule has 2 aromatic carbocycles. The Morgan fingerprint density at radius 3 is 2.04 bits per heavy atom. The third kappa shape index (κ3) is 4.46. The van der Waals surface area contributed by atoms with Crippen molar-refractivity contribution in [2.45, 2.75) is 12.1 Å². The maximum Gasteiger partial charge on any atom is 0.337 e. The number of benzene rings is 2. The SMILES string of the molecule is COC(=O)c1ccc([C@@H](O)[C@@H](NC(=O)c2ccccc2)C(=O)OC)cc1. The van der Waals surface area contributed by atoms with Gasteiger partial charge in [0, 0.05) is 5.56 Å². The van der Waals surface area contributed by atoms with Crippen molar-refractivity contribution in [2.24, 2.45) is 0 Å². The van der Waals surface area contributed by atoms with Crippen LogP contribution in [0.4, 0.5) is 0 Å². The average Bonchev–Trinajstić information content (AvgIpc) is 2.70. The lowest BCUT2D eigenvalue weighted by Gasteiger charge is -2.22. The summed E-state index contributed by atoms with van der Waals surface area (Å²) in [7, 11) is 2.43. The van der Waals surface area contributed by atoms with Gasteiger partial charge in [0.1, 0.15) is 6.10 Å². The molecule has 0 aliphatic rings. The molecular formula is C19H19NO6. The normalized spacial score (nSPS) is 12.6. The molecular weight excluding hydrogens is 338 g/mol. The van der Waals surface area contributed by atoms with E-state index in [0.29, 0.717) is 16.7 Å². The number of hydrogen-bond donors (Lipinski definition) is 2. The molecule has 0 saturated carbocycles. The van der Waals surface area contributed by atoms with E-state index in [0.717, 1.165) is 7.11 Å². The maximum absolute atomic E-state index is 12.3. The summed E-state index contributed by atoms with van der Waals surface area (Å²) in [6.07, 6.45) is -1.36. The molecule has 2 aromatic rings. The molecule has 0 bridgehead atoms. The van der Waals surface area contributed by atoms with E-state index in [4.69, 9.17) is 0 Å². The summed E-state index contributed by atoms with van der Waals surface area (Å²) in [6, 6.07) is 12.8. The van der Waals surface area contributed by atoms with Gasteiger partial charge in [-0.2, -0.15) is 0 Å². The van der Waals surface area contributed by atoms with Gasteiger partial charge in [0.25, 0.3) is 5.91 Å². The molecule has 0 saturated heterocycles. The summed E-state index contributed by atoms with van der Waals surface area (Å²) in [5, 5.41) is 13.0. The second-order valence-electron chi connectivity index (χ2n) is 5.40. The number of nitrogens with one attached hydrogen (secondary N) is 1. The van der Waals surface area contributed by atoms with E-state index in [9.17, 15) is 19.5 Å². The fourth-order valence-electron chi connectivity index (χ4n) is 2.33. The number of aliphatic hydroxyl groups is 1. The smallest absolute Gasteiger partial charge is 0.337 e. The van der Waals surface area contributed by atoms with E-state index < -0.39 is 30.0 Å². The third-order valence-corrected chi connectivity index (χ3v) is 3.77. The van der Waals surface area contributed by atoms with Gasteiger partial charge in [0.15, 0.2) is 6.04 Å². The Balaban J connectivity index is 2.21. The van der Waals surface area contributed by atoms with E-state index in [1.165, 1.54) is 31.4 Å². The van der Waals surface area contributed by atoms with Crippen LogP contribution in [0.25, 0.3) is 0 Å². The predicted octanol–water partition coefficient (Wildman–Crippen LogP) is 1.48. The lowest BCUT2D eigenvalue weighted by Crippen LogP contribution is -2.45. The number of carbonyl (C=O) groups is 3. The molecule has 0 aliphatic carbocycles. The standard InChI is InChI=1S/C19H19NO6/c1-25-18(23)14-10-8-12(9-11-14)16(21)15(19(24)26-2)20-17(22)13-6-4-3-5-7-13/h3-11,15-16,21H,1-2H3,(H,20,22)/t15-,16-/m1/s1. The summed E-state index contributed by atoms with van der Waals surface area (Å²) >= 11 is 0. The van der Waals surface area contributed by atoms with Crippen molar-refractivity contribution in [3.8, 4) is 0 Å². The highest BCUT2D eigenvalue weighted by Gasteiger charge is 2.31. The minimum Gasteiger partial charge on any atom is -0.467 e. The van der Waals surface area contributed by atoms with Gasteiger partial charge < -0.3 is 19.9 Å². The minimum absolute atomic E-state index is 0.298. The van der Waals surface area contributed by atoms with Crippen LogP contribution in [0.1, 0.15) is 32.4 Å². The monoisotopic (exact) mass is 357 g/mol. The van der Waals surface area contributed by atoms with Crippen molar-refractivity contribution in [1.82, 2.24) is 5.32 Å². The van der Waals surface area contributed by atoms with Crippen LogP contribution >= 0.6 is 0 Å². The fourth-order valence-corrected chi connectivity index (χ4v) is 2.33. The van der Waals surface area contributed by atoms with E-state index in [1.54, 1.807) is 30.3 Å². The summed E-state index contributed by atoms with van der Waals surface area (Å²) in [5.74, 6) is -1.84.